The summed E-state index contributed by atoms with van der Waals surface area (Å²) >= 11 is 3.83. The number of hydrogen-bond donors (Lipinski definition) is 2. The molecule has 1 unspecified atom stereocenters. The lowest BCUT2D eigenvalue weighted by atomic mass is 10.2. The zero-order valence-corrected chi connectivity index (χ0v) is 9.30. The maximum atomic E-state index is 8.94. The second-order valence-electron chi connectivity index (χ2n) is 2.21. The molecule has 0 radical (unpaired) electrons. The molecule has 0 heterocycles. The molecule has 0 rings (SSSR count). The first-order valence-corrected chi connectivity index (χ1v) is 7.43. The van der Waals surface area contributed by atoms with Gasteiger partial charge in [-0.3, -0.25) is 0 Å². The van der Waals surface area contributed by atoms with Crippen LogP contribution in [0, 0.1) is 0 Å². The van der Waals surface area contributed by atoms with Gasteiger partial charge in [0.25, 0.3) is 0 Å². The van der Waals surface area contributed by atoms with Crippen molar-refractivity contribution >= 4 is 29.7 Å². The SMILES string of the molecule is CCCCCCOP(O)SS. The van der Waals surface area contributed by atoms with E-state index < -0.39 is 7.58 Å². The number of rotatable bonds is 7. The van der Waals surface area contributed by atoms with Crippen LogP contribution >= 0.6 is 29.7 Å². The van der Waals surface area contributed by atoms with Gasteiger partial charge in [-0.25, -0.2) is 0 Å². The van der Waals surface area contributed by atoms with E-state index in [-0.39, 0.29) is 0 Å². The predicted octanol–water partition coefficient (Wildman–Crippen LogP) is 3.38. The fourth-order valence-electron chi connectivity index (χ4n) is 0.695. The van der Waals surface area contributed by atoms with E-state index in [9.17, 15) is 0 Å². The van der Waals surface area contributed by atoms with Gasteiger partial charge in [0, 0.05) is 0 Å². The molecule has 0 saturated carbocycles. The Balaban J connectivity index is 2.89. The highest BCUT2D eigenvalue weighted by molar-refractivity contribution is 8.92. The zero-order chi connectivity index (χ0) is 8.53. The van der Waals surface area contributed by atoms with Crippen molar-refractivity contribution in [1.82, 2.24) is 0 Å². The maximum Gasteiger partial charge on any atom is 0.246 e. The van der Waals surface area contributed by atoms with E-state index in [0.717, 1.165) is 16.8 Å². The van der Waals surface area contributed by atoms with Gasteiger partial charge in [-0.2, -0.15) is 0 Å². The monoisotopic (exact) mass is 214 g/mol. The van der Waals surface area contributed by atoms with Crippen LogP contribution in [0.4, 0.5) is 0 Å². The van der Waals surface area contributed by atoms with Crippen LogP contribution in [0.1, 0.15) is 32.6 Å². The molecule has 1 N–H and O–H groups in total. The summed E-state index contributed by atoms with van der Waals surface area (Å²) in [6.45, 7) is 2.83. The van der Waals surface area contributed by atoms with Crippen LogP contribution in [0.25, 0.3) is 0 Å². The van der Waals surface area contributed by atoms with Crippen molar-refractivity contribution in [3.63, 3.8) is 0 Å². The molecule has 2 nitrogen and oxygen atoms in total. The largest absolute Gasteiger partial charge is 0.341 e. The minimum Gasteiger partial charge on any atom is -0.341 e. The molecule has 1 atom stereocenters. The second kappa shape index (κ2) is 9.14. The molecule has 11 heavy (non-hydrogen) atoms. The Morgan fingerprint density at radius 3 is 2.73 bits per heavy atom. The third kappa shape index (κ3) is 8.96. The Hall–Kier alpha value is 1.05. The summed E-state index contributed by atoms with van der Waals surface area (Å²) in [5, 5.41) is 0. The molecule has 0 bridgehead atoms. The van der Waals surface area contributed by atoms with Crippen molar-refractivity contribution in [3.05, 3.63) is 0 Å². The van der Waals surface area contributed by atoms with E-state index >= 15 is 0 Å². The summed E-state index contributed by atoms with van der Waals surface area (Å²) in [6, 6.07) is 0. The van der Waals surface area contributed by atoms with Gasteiger partial charge in [0.2, 0.25) is 7.58 Å². The molecule has 5 heteroatoms. The van der Waals surface area contributed by atoms with Crippen molar-refractivity contribution in [2.75, 3.05) is 6.61 Å². The van der Waals surface area contributed by atoms with Gasteiger partial charge in [-0.1, -0.05) is 26.2 Å². The van der Waals surface area contributed by atoms with Crippen LogP contribution in [0.15, 0.2) is 0 Å². The minimum atomic E-state index is -1.32. The Bertz CT molecular complexity index is 85.0. The van der Waals surface area contributed by atoms with Crippen LogP contribution in [0.5, 0.6) is 0 Å². The average Bonchev–Trinajstić information content (AvgIpc) is 2.04. The van der Waals surface area contributed by atoms with Crippen LogP contribution in [0.2, 0.25) is 0 Å². The van der Waals surface area contributed by atoms with Crippen molar-refractivity contribution in [2.24, 2.45) is 0 Å². The lowest BCUT2D eigenvalue weighted by molar-refractivity contribution is 0.310. The molecular weight excluding hydrogens is 199 g/mol. The standard InChI is InChI=1S/C6H15O2PS2/c1-2-3-4-5-6-8-9(7)11-10/h7,10H,2-6H2,1H3. The Morgan fingerprint density at radius 2 is 2.18 bits per heavy atom. The van der Waals surface area contributed by atoms with Crippen LogP contribution in [-0.4, -0.2) is 11.5 Å². The predicted molar refractivity (Wildman–Crippen MR) is 55.8 cm³/mol. The van der Waals surface area contributed by atoms with E-state index in [4.69, 9.17) is 9.42 Å². The second-order valence-corrected chi connectivity index (χ2v) is 6.01. The molecule has 0 saturated heterocycles. The normalized spacial score (nSPS) is 13.4. The molecule has 0 aliphatic carbocycles. The van der Waals surface area contributed by atoms with Crippen LogP contribution in [-0.2, 0) is 4.52 Å². The Morgan fingerprint density at radius 1 is 1.45 bits per heavy atom. The molecule has 0 aliphatic heterocycles. The molecule has 0 aromatic heterocycles. The highest BCUT2D eigenvalue weighted by Crippen LogP contribution is 2.48. The highest BCUT2D eigenvalue weighted by atomic mass is 33.3. The van der Waals surface area contributed by atoms with E-state index in [2.05, 4.69) is 18.6 Å². The third-order valence-electron chi connectivity index (χ3n) is 1.27. The highest BCUT2D eigenvalue weighted by Gasteiger charge is 2.01. The van der Waals surface area contributed by atoms with Gasteiger partial charge >= 0.3 is 0 Å². The summed E-state index contributed by atoms with van der Waals surface area (Å²) < 4.78 is 5.04. The van der Waals surface area contributed by atoms with Gasteiger partial charge < -0.3 is 9.42 Å². The summed E-state index contributed by atoms with van der Waals surface area (Å²) in [5.74, 6) is 0. The van der Waals surface area contributed by atoms with Crippen molar-refractivity contribution in [1.29, 1.82) is 0 Å². The maximum absolute atomic E-state index is 8.94. The number of unbranched alkanes of at least 4 members (excludes halogenated alkanes) is 3. The first-order valence-electron chi connectivity index (χ1n) is 3.74. The molecule has 0 aromatic carbocycles. The van der Waals surface area contributed by atoms with Crippen molar-refractivity contribution in [3.8, 4) is 0 Å². The summed E-state index contributed by atoms with van der Waals surface area (Å²) in [5.41, 5.74) is 0. The van der Waals surface area contributed by atoms with Gasteiger partial charge in [0.05, 0.1) is 6.61 Å². The topological polar surface area (TPSA) is 29.5 Å². The zero-order valence-electron chi connectivity index (χ0n) is 6.69. The molecule has 0 spiro atoms. The van der Waals surface area contributed by atoms with Gasteiger partial charge in [-0.15, -0.1) is 11.7 Å². The molecular formula is C6H15O2PS2. The van der Waals surface area contributed by atoms with Crippen molar-refractivity contribution < 1.29 is 9.42 Å². The first kappa shape index (κ1) is 12.0. The van der Waals surface area contributed by atoms with E-state index in [1.54, 1.807) is 0 Å². The number of hydrogen-bond acceptors (Lipinski definition) is 4. The Labute approximate surface area is 78.6 Å². The molecule has 0 fully saturated rings. The fourth-order valence-corrected chi connectivity index (χ4v) is 1.82. The van der Waals surface area contributed by atoms with Crippen LogP contribution in [0.3, 0.4) is 0 Å². The lowest BCUT2D eigenvalue weighted by Gasteiger charge is -2.05. The van der Waals surface area contributed by atoms with Gasteiger partial charge in [0.15, 0.2) is 0 Å². The number of thiol groups is 1. The minimum absolute atomic E-state index is 0.662. The average molecular weight is 214 g/mol. The Kier molecular flexibility index (Phi) is 10.0. The third-order valence-corrected chi connectivity index (χ3v) is 3.81. The summed E-state index contributed by atoms with van der Waals surface area (Å²) in [6.07, 6.45) is 4.72. The molecule has 0 aromatic rings. The van der Waals surface area contributed by atoms with Crippen molar-refractivity contribution in [2.45, 2.75) is 32.6 Å². The van der Waals surface area contributed by atoms with Gasteiger partial charge in [-0.05, 0) is 16.8 Å². The fraction of sp³-hybridized carbons (Fsp3) is 1.00. The van der Waals surface area contributed by atoms with E-state index in [1.165, 1.54) is 19.3 Å². The summed E-state index contributed by atoms with van der Waals surface area (Å²) in [4.78, 5) is 8.94. The van der Waals surface area contributed by atoms with E-state index in [0.29, 0.717) is 6.61 Å². The quantitative estimate of drug-likeness (QED) is 0.295. The first-order chi connectivity index (χ1) is 5.31. The molecule has 0 aliphatic rings. The molecule has 68 valence electrons. The van der Waals surface area contributed by atoms with Crippen LogP contribution < -0.4 is 0 Å². The smallest absolute Gasteiger partial charge is 0.246 e. The van der Waals surface area contributed by atoms with E-state index in [1.807, 2.05) is 0 Å². The van der Waals surface area contributed by atoms with Gasteiger partial charge in [0.1, 0.15) is 0 Å². The lowest BCUT2D eigenvalue weighted by Crippen LogP contribution is -1.87. The molecule has 0 amide bonds. The summed E-state index contributed by atoms with van der Waals surface area (Å²) in [7, 11) is -0.237.